The molecule has 2 aliphatic rings. The Morgan fingerprint density at radius 2 is 1.77 bits per heavy atom. The van der Waals surface area contributed by atoms with Crippen molar-refractivity contribution < 1.29 is 0 Å². The van der Waals surface area contributed by atoms with E-state index in [0.29, 0.717) is 6.04 Å². The van der Waals surface area contributed by atoms with E-state index in [4.69, 9.17) is 0 Å². The minimum absolute atomic E-state index is 0.525. The maximum absolute atomic E-state index is 4.49. The maximum atomic E-state index is 4.49. The molecule has 30 heavy (non-hydrogen) atoms. The lowest BCUT2D eigenvalue weighted by atomic mass is 9.94. The molecule has 1 aliphatic carbocycles. The van der Waals surface area contributed by atoms with Gasteiger partial charge in [0.25, 0.3) is 0 Å². The first-order valence-corrected chi connectivity index (χ1v) is 12.2. The lowest BCUT2D eigenvalue weighted by molar-refractivity contribution is 0.184. The van der Waals surface area contributed by atoms with Crippen LogP contribution in [0.25, 0.3) is 0 Å². The van der Waals surface area contributed by atoms with E-state index < -0.39 is 0 Å². The summed E-state index contributed by atoms with van der Waals surface area (Å²) in [5.41, 5.74) is 2.81. The second kappa shape index (κ2) is 12.3. The Bertz CT molecular complexity index is 645. The third-order valence-electron chi connectivity index (χ3n) is 6.87. The van der Waals surface area contributed by atoms with Gasteiger partial charge in [0.05, 0.1) is 0 Å². The van der Waals surface area contributed by atoms with Crippen molar-refractivity contribution in [2.75, 3.05) is 33.7 Å². The van der Waals surface area contributed by atoms with E-state index in [1.54, 1.807) is 0 Å². The molecule has 2 N–H and O–H groups in total. The van der Waals surface area contributed by atoms with Gasteiger partial charge in [0.15, 0.2) is 5.96 Å². The van der Waals surface area contributed by atoms with E-state index in [1.165, 1.54) is 82.1 Å². The number of nitrogens with zero attached hydrogens (tertiary/aromatic N) is 3. The summed E-state index contributed by atoms with van der Waals surface area (Å²) in [7, 11) is 4.18. The third kappa shape index (κ3) is 6.98. The molecule has 5 nitrogen and oxygen atoms in total. The smallest absolute Gasteiger partial charge is 0.191 e. The second-order valence-electron chi connectivity index (χ2n) is 9.16. The predicted octanol–water partition coefficient (Wildman–Crippen LogP) is 3.99. The van der Waals surface area contributed by atoms with E-state index in [0.717, 1.165) is 25.1 Å². The van der Waals surface area contributed by atoms with Crippen LogP contribution < -0.4 is 10.6 Å². The molecule has 168 valence electrons. The Kier molecular flexibility index (Phi) is 9.47. The summed E-state index contributed by atoms with van der Waals surface area (Å²) in [5, 5.41) is 7.22. The average molecular weight is 414 g/mol. The average Bonchev–Trinajstić information content (AvgIpc) is 2.79. The summed E-state index contributed by atoms with van der Waals surface area (Å²) < 4.78 is 0. The summed E-state index contributed by atoms with van der Waals surface area (Å²) in [6, 6.07) is 10.1. The molecule has 0 amide bonds. The predicted molar refractivity (Wildman–Crippen MR) is 128 cm³/mol. The number of guanidine groups is 1. The van der Waals surface area contributed by atoms with E-state index in [1.807, 2.05) is 7.05 Å². The first kappa shape index (κ1) is 23.1. The monoisotopic (exact) mass is 413 g/mol. The van der Waals surface area contributed by atoms with Gasteiger partial charge in [-0.05, 0) is 56.8 Å². The largest absolute Gasteiger partial charge is 0.354 e. The Balaban J connectivity index is 1.49. The van der Waals surface area contributed by atoms with Crippen molar-refractivity contribution in [3.8, 4) is 0 Å². The van der Waals surface area contributed by atoms with Crippen LogP contribution in [0.15, 0.2) is 29.3 Å². The van der Waals surface area contributed by atoms with Gasteiger partial charge in [-0.2, -0.15) is 0 Å². The van der Waals surface area contributed by atoms with Crippen LogP contribution in [0.5, 0.6) is 0 Å². The van der Waals surface area contributed by atoms with Crippen LogP contribution in [0.4, 0.5) is 0 Å². The number of hydrogen-bond donors (Lipinski definition) is 2. The highest BCUT2D eigenvalue weighted by Gasteiger charge is 2.20. The highest BCUT2D eigenvalue weighted by atomic mass is 15.2. The minimum Gasteiger partial charge on any atom is -0.354 e. The van der Waals surface area contributed by atoms with Crippen LogP contribution in [0.3, 0.4) is 0 Å². The highest BCUT2D eigenvalue weighted by molar-refractivity contribution is 5.80. The van der Waals surface area contributed by atoms with E-state index in [2.05, 4.69) is 63.7 Å². The van der Waals surface area contributed by atoms with Crippen LogP contribution >= 0.6 is 0 Å². The number of piperidine rings is 1. The van der Waals surface area contributed by atoms with Gasteiger partial charge in [0, 0.05) is 45.3 Å². The molecule has 1 aromatic rings. The maximum Gasteiger partial charge on any atom is 0.191 e. The molecule has 0 atom stereocenters. The van der Waals surface area contributed by atoms with Gasteiger partial charge in [0.2, 0.25) is 0 Å². The van der Waals surface area contributed by atoms with E-state index >= 15 is 0 Å². The minimum atomic E-state index is 0.525. The molecule has 5 heteroatoms. The molecular weight excluding hydrogens is 370 g/mol. The van der Waals surface area contributed by atoms with Gasteiger partial charge in [-0.1, -0.05) is 50.5 Å². The summed E-state index contributed by atoms with van der Waals surface area (Å²) in [6.45, 7) is 7.73. The lowest BCUT2D eigenvalue weighted by Crippen LogP contribution is -2.48. The zero-order valence-corrected chi connectivity index (χ0v) is 19.5. The molecule has 0 spiro atoms. The van der Waals surface area contributed by atoms with Gasteiger partial charge in [-0.15, -0.1) is 0 Å². The summed E-state index contributed by atoms with van der Waals surface area (Å²) in [5.74, 6) is 0.930. The van der Waals surface area contributed by atoms with Crippen LogP contribution in [-0.4, -0.2) is 61.6 Å². The van der Waals surface area contributed by atoms with Crippen molar-refractivity contribution in [1.29, 1.82) is 0 Å². The lowest BCUT2D eigenvalue weighted by Gasteiger charge is -2.33. The Morgan fingerprint density at radius 3 is 2.43 bits per heavy atom. The van der Waals surface area contributed by atoms with Crippen molar-refractivity contribution in [2.45, 2.75) is 83.5 Å². The number of likely N-dealkylation sites (tertiary alicyclic amines) is 1. The fraction of sp³-hybridized carbons (Fsp3) is 0.720. The SMILES string of the molecule is CCCN1CCC(NC(=NC)NCc2ccccc2CN(C)C2CCCCC2)CC1. The van der Waals surface area contributed by atoms with Gasteiger partial charge in [-0.3, -0.25) is 9.89 Å². The van der Waals surface area contributed by atoms with Gasteiger partial charge in [-0.25, -0.2) is 0 Å². The Labute approximate surface area is 184 Å². The zero-order valence-electron chi connectivity index (χ0n) is 19.5. The normalized spacial score (nSPS) is 19.9. The Morgan fingerprint density at radius 1 is 1.07 bits per heavy atom. The highest BCUT2D eigenvalue weighted by Crippen LogP contribution is 2.23. The fourth-order valence-electron chi connectivity index (χ4n) is 4.99. The third-order valence-corrected chi connectivity index (χ3v) is 6.87. The van der Waals surface area contributed by atoms with Crippen LogP contribution in [0.1, 0.15) is 69.4 Å². The molecule has 1 saturated heterocycles. The Hall–Kier alpha value is -1.59. The van der Waals surface area contributed by atoms with Crippen LogP contribution in [0, 0.1) is 0 Å². The van der Waals surface area contributed by atoms with E-state index in [9.17, 15) is 0 Å². The molecule has 2 fully saturated rings. The number of benzene rings is 1. The van der Waals surface area contributed by atoms with Crippen LogP contribution in [-0.2, 0) is 13.1 Å². The molecule has 1 aliphatic heterocycles. The van der Waals surface area contributed by atoms with Crippen LogP contribution in [0.2, 0.25) is 0 Å². The van der Waals surface area contributed by atoms with Crippen molar-refractivity contribution in [3.63, 3.8) is 0 Å². The number of aliphatic imine (C=N–C) groups is 1. The van der Waals surface area contributed by atoms with Gasteiger partial charge < -0.3 is 15.5 Å². The van der Waals surface area contributed by atoms with Crippen molar-refractivity contribution in [3.05, 3.63) is 35.4 Å². The van der Waals surface area contributed by atoms with Crippen molar-refractivity contribution in [1.82, 2.24) is 20.4 Å². The molecule has 0 radical (unpaired) electrons. The summed E-state index contributed by atoms with van der Waals surface area (Å²) in [4.78, 5) is 9.63. The molecule has 0 unspecified atom stereocenters. The standard InChI is InChI=1S/C25H43N5/c1-4-16-30-17-14-23(15-18-30)28-25(26-2)27-19-21-10-8-9-11-22(21)20-29(3)24-12-6-5-7-13-24/h8-11,23-24H,4-7,12-20H2,1-3H3,(H2,26,27,28). The van der Waals surface area contributed by atoms with Crippen molar-refractivity contribution in [2.24, 2.45) is 4.99 Å². The topological polar surface area (TPSA) is 42.9 Å². The molecule has 0 aromatic heterocycles. The number of nitrogens with one attached hydrogen (secondary N) is 2. The second-order valence-corrected chi connectivity index (χ2v) is 9.16. The summed E-state index contributed by atoms with van der Waals surface area (Å²) in [6.07, 6.45) is 10.5. The first-order valence-electron chi connectivity index (χ1n) is 12.2. The molecule has 3 rings (SSSR count). The molecule has 1 aromatic carbocycles. The molecule has 1 saturated carbocycles. The number of hydrogen-bond acceptors (Lipinski definition) is 3. The molecular formula is C25H43N5. The van der Waals surface area contributed by atoms with Crippen molar-refractivity contribution >= 4 is 5.96 Å². The zero-order chi connectivity index (χ0) is 21.2. The first-order chi connectivity index (χ1) is 14.7. The fourth-order valence-corrected chi connectivity index (χ4v) is 4.99. The van der Waals surface area contributed by atoms with Gasteiger partial charge in [0.1, 0.15) is 0 Å². The quantitative estimate of drug-likeness (QED) is 0.500. The number of rotatable bonds is 8. The van der Waals surface area contributed by atoms with E-state index in [-0.39, 0.29) is 0 Å². The van der Waals surface area contributed by atoms with Gasteiger partial charge >= 0.3 is 0 Å². The summed E-state index contributed by atoms with van der Waals surface area (Å²) >= 11 is 0. The molecule has 1 heterocycles. The molecule has 0 bridgehead atoms.